The van der Waals surface area contributed by atoms with Crippen LogP contribution in [0.4, 0.5) is 4.79 Å². The number of benzene rings is 1. The van der Waals surface area contributed by atoms with E-state index in [1.165, 1.54) is 4.90 Å². The molecule has 0 unspecified atom stereocenters. The third kappa shape index (κ3) is 3.98. The molecule has 0 N–H and O–H groups in total. The molecule has 1 fully saturated rings. The molecule has 0 spiro atoms. The molecule has 0 bridgehead atoms. The number of ether oxygens (including phenoxy) is 1. The summed E-state index contributed by atoms with van der Waals surface area (Å²) in [6.45, 7) is 5.60. The maximum atomic E-state index is 11.7. The lowest BCUT2D eigenvalue weighted by atomic mass is 10.1. The minimum atomic E-state index is -0.275. The van der Waals surface area contributed by atoms with E-state index in [1.54, 1.807) is 31.1 Å². The summed E-state index contributed by atoms with van der Waals surface area (Å²) in [5, 5.41) is 0. The van der Waals surface area contributed by atoms with E-state index in [0.29, 0.717) is 25.3 Å². The molecule has 5 heteroatoms. The number of hydrogen-bond acceptors (Lipinski definition) is 3. The molecule has 2 rings (SSSR count). The largest absolute Gasteiger partial charge is 0.448 e. The summed E-state index contributed by atoms with van der Waals surface area (Å²) in [5.41, 5.74) is 1.64. The van der Waals surface area contributed by atoms with Crippen molar-refractivity contribution >= 4 is 12.0 Å². The highest BCUT2D eigenvalue weighted by atomic mass is 16.6. The van der Waals surface area contributed by atoms with Gasteiger partial charge in [0.15, 0.2) is 0 Å². The fourth-order valence-electron chi connectivity index (χ4n) is 1.80. The van der Waals surface area contributed by atoms with E-state index < -0.39 is 0 Å². The molecule has 0 radical (unpaired) electrons. The zero-order valence-electron chi connectivity index (χ0n) is 12.5. The molecule has 20 heavy (non-hydrogen) atoms. The number of nitrogens with zero attached hydrogens (tertiary/aromatic N) is 2. The molecule has 0 saturated carbocycles. The molecule has 1 aliphatic heterocycles. The van der Waals surface area contributed by atoms with Crippen molar-refractivity contribution < 1.29 is 14.3 Å². The average Bonchev–Trinajstić information content (AvgIpc) is 2.86. The number of hydrogen-bond donors (Lipinski definition) is 0. The quantitative estimate of drug-likeness (QED) is 0.853. The number of cyclic esters (lactones) is 1. The van der Waals surface area contributed by atoms with Crippen LogP contribution in [0.25, 0.3) is 0 Å². The van der Waals surface area contributed by atoms with Gasteiger partial charge in [-0.3, -0.25) is 4.79 Å². The van der Waals surface area contributed by atoms with E-state index in [2.05, 4.69) is 0 Å². The van der Waals surface area contributed by atoms with Crippen LogP contribution in [0, 0.1) is 0 Å². The monoisotopic (exact) mass is 278 g/mol. The zero-order valence-corrected chi connectivity index (χ0v) is 12.5. The number of rotatable bonds is 3. The molecule has 2 amide bonds. The number of carbonyl (C=O) groups excluding carboxylic acids is 2. The number of carbonyl (C=O) groups is 2. The minimum Gasteiger partial charge on any atom is -0.448 e. The van der Waals surface area contributed by atoms with Gasteiger partial charge in [-0.1, -0.05) is 26.0 Å². The van der Waals surface area contributed by atoms with E-state index >= 15 is 0 Å². The summed E-state index contributed by atoms with van der Waals surface area (Å²) in [5.74, 6) is -0.0258. The summed E-state index contributed by atoms with van der Waals surface area (Å²) >= 11 is 0. The predicted molar refractivity (Wildman–Crippen MR) is 77.6 cm³/mol. The molecule has 0 aliphatic carbocycles. The van der Waals surface area contributed by atoms with Gasteiger partial charge in [0.1, 0.15) is 6.61 Å². The highest BCUT2D eigenvalue weighted by Gasteiger charge is 2.21. The highest BCUT2D eigenvalue weighted by Crippen LogP contribution is 2.12. The second-order valence-electron chi connectivity index (χ2n) is 4.43. The van der Waals surface area contributed by atoms with Crippen molar-refractivity contribution in [1.82, 2.24) is 9.80 Å². The van der Waals surface area contributed by atoms with Gasteiger partial charge in [-0.2, -0.15) is 0 Å². The average molecular weight is 278 g/mol. The predicted octanol–water partition coefficient (Wildman–Crippen LogP) is 2.37. The molecule has 1 aromatic carbocycles. The molecular weight excluding hydrogens is 256 g/mol. The Hall–Kier alpha value is -2.04. The Morgan fingerprint density at radius 1 is 1.25 bits per heavy atom. The lowest BCUT2D eigenvalue weighted by Gasteiger charge is -2.13. The van der Waals surface area contributed by atoms with Crippen molar-refractivity contribution in [3.05, 3.63) is 35.4 Å². The van der Waals surface area contributed by atoms with Gasteiger partial charge < -0.3 is 14.5 Å². The molecule has 1 aromatic rings. The van der Waals surface area contributed by atoms with E-state index in [4.69, 9.17) is 4.74 Å². The third-order valence-electron chi connectivity index (χ3n) is 2.83. The summed E-state index contributed by atoms with van der Waals surface area (Å²) in [4.78, 5) is 26.2. The Morgan fingerprint density at radius 3 is 2.30 bits per heavy atom. The Kier molecular flexibility index (Phi) is 6.03. The van der Waals surface area contributed by atoms with Crippen LogP contribution in [-0.4, -0.2) is 49.0 Å². The Morgan fingerprint density at radius 2 is 1.85 bits per heavy atom. The van der Waals surface area contributed by atoms with Crippen LogP contribution in [0.5, 0.6) is 0 Å². The van der Waals surface area contributed by atoms with Gasteiger partial charge in [-0.15, -0.1) is 0 Å². The van der Waals surface area contributed by atoms with Gasteiger partial charge in [-0.05, 0) is 17.7 Å². The first-order valence-electron chi connectivity index (χ1n) is 6.80. The van der Waals surface area contributed by atoms with Crippen molar-refractivity contribution in [3.63, 3.8) is 0 Å². The second kappa shape index (κ2) is 7.53. The van der Waals surface area contributed by atoms with E-state index in [0.717, 1.165) is 5.56 Å². The van der Waals surface area contributed by atoms with Crippen LogP contribution < -0.4 is 0 Å². The molecule has 110 valence electrons. The van der Waals surface area contributed by atoms with Crippen molar-refractivity contribution in [2.24, 2.45) is 0 Å². The van der Waals surface area contributed by atoms with Crippen molar-refractivity contribution in [1.29, 1.82) is 0 Å². The van der Waals surface area contributed by atoms with Crippen molar-refractivity contribution in [2.45, 2.75) is 20.4 Å². The van der Waals surface area contributed by atoms with Gasteiger partial charge in [0.05, 0.1) is 6.54 Å². The summed E-state index contributed by atoms with van der Waals surface area (Å²) in [6, 6.07) is 7.28. The zero-order chi connectivity index (χ0) is 15.1. The molecule has 0 atom stereocenters. The van der Waals surface area contributed by atoms with Crippen molar-refractivity contribution in [2.75, 3.05) is 27.2 Å². The minimum absolute atomic E-state index is 0.0258. The summed E-state index contributed by atoms with van der Waals surface area (Å²) in [6.07, 6.45) is -0.275. The molecule has 1 heterocycles. The second-order valence-corrected chi connectivity index (χ2v) is 4.43. The maximum absolute atomic E-state index is 11.7. The maximum Gasteiger partial charge on any atom is 0.410 e. The molecule has 5 nitrogen and oxygen atoms in total. The van der Waals surface area contributed by atoms with Crippen LogP contribution >= 0.6 is 0 Å². The third-order valence-corrected chi connectivity index (χ3v) is 2.83. The lowest BCUT2D eigenvalue weighted by molar-refractivity contribution is 0.0827. The fourth-order valence-corrected chi connectivity index (χ4v) is 1.80. The van der Waals surface area contributed by atoms with E-state index in [-0.39, 0.29) is 12.0 Å². The Bertz CT molecular complexity index is 455. The van der Waals surface area contributed by atoms with Crippen LogP contribution in [0.15, 0.2) is 24.3 Å². The van der Waals surface area contributed by atoms with Crippen LogP contribution in [-0.2, 0) is 11.3 Å². The summed E-state index contributed by atoms with van der Waals surface area (Å²) < 4.78 is 4.86. The van der Waals surface area contributed by atoms with Gasteiger partial charge in [0.2, 0.25) is 0 Å². The van der Waals surface area contributed by atoms with Crippen LogP contribution in [0.2, 0.25) is 0 Å². The van der Waals surface area contributed by atoms with Crippen LogP contribution in [0.1, 0.15) is 29.8 Å². The highest BCUT2D eigenvalue weighted by molar-refractivity contribution is 5.93. The molecule has 1 aliphatic rings. The molecule has 0 aromatic heterocycles. The van der Waals surface area contributed by atoms with Gasteiger partial charge in [-0.25, -0.2) is 4.79 Å². The van der Waals surface area contributed by atoms with E-state index in [9.17, 15) is 9.59 Å². The first kappa shape index (κ1) is 16.0. The topological polar surface area (TPSA) is 49.9 Å². The van der Waals surface area contributed by atoms with Gasteiger partial charge in [0, 0.05) is 26.2 Å². The van der Waals surface area contributed by atoms with Crippen molar-refractivity contribution in [3.8, 4) is 0 Å². The first-order valence-corrected chi connectivity index (χ1v) is 6.80. The van der Waals surface area contributed by atoms with Gasteiger partial charge in [0.25, 0.3) is 5.91 Å². The van der Waals surface area contributed by atoms with Gasteiger partial charge >= 0.3 is 6.09 Å². The molecular formula is C15H22N2O3. The standard InChI is InChI=1S/C13H16N2O3.C2H6/c1-14(2)12(16)11-5-3-10(4-6-11)9-15-7-8-18-13(15)17;1-2/h3-6H,7-9H2,1-2H3;1-2H3. The first-order chi connectivity index (χ1) is 9.58. The SMILES string of the molecule is CC.CN(C)C(=O)c1ccc(CN2CCOC2=O)cc1. The normalized spacial score (nSPS) is 13.4. The van der Waals surface area contributed by atoms with E-state index in [1.807, 2.05) is 26.0 Å². The summed E-state index contributed by atoms with van der Waals surface area (Å²) in [7, 11) is 3.44. The number of amides is 2. The smallest absolute Gasteiger partial charge is 0.410 e. The Balaban J connectivity index is 0.000000956. The Labute approximate surface area is 120 Å². The molecule has 1 saturated heterocycles. The van der Waals surface area contributed by atoms with Crippen LogP contribution in [0.3, 0.4) is 0 Å². The lowest BCUT2D eigenvalue weighted by Crippen LogP contribution is -2.24. The fraction of sp³-hybridized carbons (Fsp3) is 0.467.